The monoisotopic (exact) mass is 183 g/mol. The molecular weight excluding hydrogens is 170 g/mol. The summed E-state index contributed by atoms with van der Waals surface area (Å²) in [6.45, 7) is 3.13. The van der Waals surface area contributed by atoms with E-state index in [1.165, 1.54) is 5.01 Å². The summed E-state index contributed by atoms with van der Waals surface area (Å²) < 4.78 is 0. The van der Waals surface area contributed by atoms with Gasteiger partial charge >= 0.3 is 0 Å². The zero-order valence-corrected chi connectivity index (χ0v) is 7.76. The number of thiazole rings is 1. The molecule has 0 aromatic carbocycles. The molecule has 1 fully saturated rings. The summed E-state index contributed by atoms with van der Waals surface area (Å²) in [6, 6.07) is 0.380. The lowest BCUT2D eigenvalue weighted by Gasteiger charge is -2.12. The minimum Gasteiger partial charge on any atom is -0.326 e. The second-order valence-electron chi connectivity index (χ2n) is 3.21. The molecule has 3 nitrogen and oxygen atoms in total. The van der Waals surface area contributed by atoms with Crippen molar-refractivity contribution in [2.45, 2.75) is 19.0 Å². The Balaban J connectivity index is 1.88. The van der Waals surface area contributed by atoms with Crippen molar-refractivity contribution in [1.82, 2.24) is 9.88 Å². The first-order valence-corrected chi connectivity index (χ1v) is 5.09. The third-order valence-corrected chi connectivity index (χ3v) is 2.92. The Bertz CT molecular complexity index is 234. The molecule has 4 heteroatoms. The quantitative estimate of drug-likeness (QED) is 0.733. The van der Waals surface area contributed by atoms with Crippen LogP contribution in [0.15, 0.2) is 11.6 Å². The van der Waals surface area contributed by atoms with Crippen LogP contribution >= 0.6 is 11.3 Å². The fourth-order valence-electron chi connectivity index (χ4n) is 1.53. The van der Waals surface area contributed by atoms with Crippen LogP contribution in [0.4, 0.5) is 0 Å². The molecule has 1 saturated heterocycles. The summed E-state index contributed by atoms with van der Waals surface area (Å²) in [5, 5.41) is 3.22. The maximum absolute atomic E-state index is 5.80. The first-order chi connectivity index (χ1) is 5.84. The molecule has 1 aliphatic rings. The molecule has 2 rings (SSSR count). The van der Waals surface area contributed by atoms with Crippen molar-refractivity contribution in [3.05, 3.63) is 16.6 Å². The highest BCUT2D eigenvalue weighted by Gasteiger charge is 2.19. The highest BCUT2D eigenvalue weighted by molar-refractivity contribution is 7.09. The molecule has 1 atom stereocenters. The van der Waals surface area contributed by atoms with E-state index >= 15 is 0 Å². The van der Waals surface area contributed by atoms with Crippen molar-refractivity contribution in [2.24, 2.45) is 5.73 Å². The molecule has 0 unspecified atom stereocenters. The second-order valence-corrected chi connectivity index (χ2v) is 4.19. The van der Waals surface area contributed by atoms with Gasteiger partial charge in [-0.2, -0.15) is 0 Å². The Morgan fingerprint density at radius 3 is 3.25 bits per heavy atom. The number of hydrogen-bond acceptors (Lipinski definition) is 4. The van der Waals surface area contributed by atoms with Gasteiger partial charge in [0.1, 0.15) is 5.01 Å². The van der Waals surface area contributed by atoms with Crippen LogP contribution in [0, 0.1) is 0 Å². The van der Waals surface area contributed by atoms with Gasteiger partial charge in [0.15, 0.2) is 0 Å². The number of likely N-dealkylation sites (tertiary alicyclic amines) is 1. The standard InChI is InChI=1S/C8H13N3S/c9-7-1-3-11(5-7)6-8-10-2-4-12-8/h2,4,7H,1,3,5-6,9H2/t7-/m0/s1. The molecule has 2 N–H and O–H groups in total. The Morgan fingerprint density at radius 1 is 1.75 bits per heavy atom. The second kappa shape index (κ2) is 3.51. The summed E-state index contributed by atoms with van der Waals surface area (Å²) in [6.07, 6.45) is 2.99. The molecule has 0 bridgehead atoms. The van der Waals surface area contributed by atoms with Gasteiger partial charge in [0.25, 0.3) is 0 Å². The molecule has 1 aromatic heterocycles. The van der Waals surface area contributed by atoms with E-state index in [0.29, 0.717) is 6.04 Å². The molecule has 0 amide bonds. The predicted octanol–water partition coefficient (Wildman–Crippen LogP) is 0.676. The van der Waals surface area contributed by atoms with Gasteiger partial charge in [-0.15, -0.1) is 11.3 Å². The Kier molecular flexibility index (Phi) is 2.39. The van der Waals surface area contributed by atoms with E-state index in [4.69, 9.17) is 5.73 Å². The molecule has 1 aromatic rings. The fraction of sp³-hybridized carbons (Fsp3) is 0.625. The van der Waals surface area contributed by atoms with Crippen molar-refractivity contribution in [3.8, 4) is 0 Å². The molecule has 1 aliphatic heterocycles. The summed E-state index contributed by atoms with van der Waals surface area (Å²) in [4.78, 5) is 6.61. The lowest BCUT2D eigenvalue weighted by Crippen LogP contribution is -2.26. The highest BCUT2D eigenvalue weighted by Crippen LogP contribution is 2.13. The number of aromatic nitrogens is 1. The molecule has 66 valence electrons. The van der Waals surface area contributed by atoms with E-state index in [0.717, 1.165) is 26.1 Å². The number of rotatable bonds is 2. The van der Waals surface area contributed by atoms with E-state index < -0.39 is 0 Å². The van der Waals surface area contributed by atoms with Crippen molar-refractivity contribution in [1.29, 1.82) is 0 Å². The van der Waals surface area contributed by atoms with Crippen molar-refractivity contribution in [3.63, 3.8) is 0 Å². The highest BCUT2D eigenvalue weighted by atomic mass is 32.1. The van der Waals surface area contributed by atoms with Crippen LogP contribution in [0.2, 0.25) is 0 Å². The van der Waals surface area contributed by atoms with Crippen molar-refractivity contribution < 1.29 is 0 Å². The van der Waals surface area contributed by atoms with E-state index in [-0.39, 0.29) is 0 Å². The maximum atomic E-state index is 5.80. The average molecular weight is 183 g/mol. The minimum atomic E-state index is 0.380. The maximum Gasteiger partial charge on any atom is 0.107 e. The van der Waals surface area contributed by atoms with Crippen LogP contribution in [0.5, 0.6) is 0 Å². The summed E-state index contributed by atoms with van der Waals surface area (Å²) >= 11 is 1.72. The van der Waals surface area contributed by atoms with E-state index in [9.17, 15) is 0 Å². The first-order valence-electron chi connectivity index (χ1n) is 4.21. The van der Waals surface area contributed by atoms with Crippen LogP contribution in [-0.4, -0.2) is 29.0 Å². The summed E-state index contributed by atoms with van der Waals surface area (Å²) in [5.74, 6) is 0. The molecular formula is C8H13N3S. The largest absolute Gasteiger partial charge is 0.326 e. The Labute approximate surface area is 76.2 Å². The van der Waals surface area contributed by atoms with Crippen LogP contribution in [-0.2, 0) is 6.54 Å². The number of nitrogens with two attached hydrogens (primary N) is 1. The van der Waals surface area contributed by atoms with E-state index in [1.54, 1.807) is 11.3 Å². The molecule has 0 aliphatic carbocycles. The molecule has 2 heterocycles. The molecule has 0 spiro atoms. The lowest BCUT2D eigenvalue weighted by molar-refractivity contribution is 0.326. The summed E-state index contributed by atoms with van der Waals surface area (Å²) in [7, 11) is 0. The van der Waals surface area contributed by atoms with Gasteiger partial charge in [-0.1, -0.05) is 0 Å². The van der Waals surface area contributed by atoms with Crippen molar-refractivity contribution in [2.75, 3.05) is 13.1 Å². The van der Waals surface area contributed by atoms with Gasteiger partial charge in [-0.3, -0.25) is 4.90 Å². The SMILES string of the molecule is N[C@H]1CCN(Cc2nccs2)C1. The van der Waals surface area contributed by atoms with Gasteiger partial charge < -0.3 is 5.73 Å². The molecule has 0 saturated carbocycles. The minimum absolute atomic E-state index is 0.380. The lowest BCUT2D eigenvalue weighted by atomic mass is 10.3. The third kappa shape index (κ3) is 1.83. The van der Waals surface area contributed by atoms with Crippen LogP contribution in [0.25, 0.3) is 0 Å². The molecule has 12 heavy (non-hydrogen) atoms. The van der Waals surface area contributed by atoms with E-state index in [1.807, 2.05) is 11.6 Å². The van der Waals surface area contributed by atoms with Crippen LogP contribution in [0.1, 0.15) is 11.4 Å². The van der Waals surface area contributed by atoms with Crippen molar-refractivity contribution >= 4 is 11.3 Å². The topological polar surface area (TPSA) is 42.1 Å². The normalized spacial score (nSPS) is 24.9. The van der Waals surface area contributed by atoms with Crippen LogP contribution in [0.3, 0.4) is 0 Å². The first kappa shape index (κ1) is 8.16. The smallest absolute Gasteiger partial charge is 0.107 e. The number of hydrogen-bond donors (Lipinski definition) is 1. The van der Waals surface area contributed by atoms with E-state index in [2.05, 4.69) is 9.88 Å². The predicted molar refractivity (Wildman–Crippen MR) is 50.0 cm³/mol. The Hall–Kier alpha value is -0.450. The van der Waals surface area contributed by atoms with Crippen LogP contribution < -0.4 is 5.73 Å². The number of nitrogens with zero attached hydrogens (tertiary/aromatic N) is 2. The average Bonchev–Trinajstić information content (AvgIpc) is 2.63. The van der Waals surface area contributed by atoms with Gasteiger partial charge in [-0.05, 0) is 6.42 Å². The molecule has 0 radical (unpaired) electrons. The zero-order valence-electron chi connectivity index (χ0n) is 6.94. The van der Waals surface area contributed by atoms with Gasteiger partial charge in [0.05, 0.1) is 6.54 Å². The third-order valence-electron chi connectivity index (χ3n) is 2.15. The summed E-state index contributed by atoms with van der Waals surface area (Å²) in [5.41, 5.74) is 5.80. The van der Waals surface area contributed by atoms with Gasteiger partial charge in [-0.25, -0.2) is 4.98 Å². The van der Waals surface area contributed by atoms with Gasteiger partial charge in [0, 0.05) is 30.7 Å². The zero-order chi connectivity index (χ0) is 8.39. The van der Waals surface area contributed by atoms with Gasteiger partial charge in [0.2, 0.25) is 0 Å². The Morgan fingerprint density at radius 2 is 2.67 bits per heavy atom. The fourth-order valence-corrected chi connectivity index (χ4v) is 2.19.